The van der Waals surface area contributed by atoms with Gasteiger partial charge < -0.3 is 4.90 Å². The molecular weight excluding hydrogens is 186 g/mol. The maximum absolute atomic E-state index is 4.31. The van der Waals surface area contributed by atoms with Crippen molar-refractivity contribution in [2.45, 2.75) is 0 Å². The molecule has 3 heteroatoms. The summed E-state index contributed by atoms with van der Waals surface area (Å²) in [6.45, 7) is 0. The van der Waals surface area contributed by atoms with E-state index in [1.807, 2.05) is 35.6 Å². The highest BCUT2D eigenvalue weighted by Crippen LogP contribution is 2.11. The first-order valence-corrected chi connectivity index (χ1v) is 4.76. The van der Waals surface area contributed by atoms with Crippen LogP contribution in [-0.4, -0.2) is 16.1 Å². The van der Waals surface area contributed by atoms with Gasteiger partial charge in [0.1, 0.15) is 0 Å². The van der Waals surface area contributed by atoms with Crippen LogP contribution in [0.1, 0.15) is 0 Å². The number of fused-ring (bicyclic) bond motifs is 2. The number of allylic oxidation sites excluding steroid dienone is 2. The van der Waals surface area contributed by atoms with E-state index in [9.17, 15) is 0 Å². The predicted molar refractivity (Wildman–Crippen MR) is 60.0 cm³/mol. The first-order valence-electron chi connectivity index (χ1n) is 4.76. The van der Waals surface area contributed by atoms with Crippen molar-refractivity contribution < 1.29 is 0 Å². The van der Waals surface area contributed by atoms with Crippen LogP contribution in [0, 0.1) is 0 Å². The molecule has 0 fully saturated rings. The van der Waals surface area contributed by atoms with Gasteiger partial charge in [-0.05, 0) is 18.2 Å². The van der Waals surface area contributed by atoms with Crippen molar-refractivity contribution >= 4 is 18.5 Å². The molecule has 0 N–H and O–H groups in total. The molecule has 0 atom stereocenters. The molecule has 0 radical (unpaired) electrons. The molecule has 3 nitrogen and oxygen atoms in total. The lowest BCUT2D eigenvalue weighted by Gasteiger charge is -2.17. The molecule has 0 unspecified atom stereocenters. The molecule has 72 valence electrons. The van der Waals surface area contributed by atoms with Crippen molar-refractivity contribution in [3.8, 4) is 0 Å². The van der Waals surface area contributed by atoms with Crippen molar-refractivity contribution in [2.24, 2.45) is 4.99 Å². The molecule has 0 aliphatic carbocycles. The number of hydrogen-bond donors (Lipinski definition) is 0. The third-order valence-electron chi connectivity index (χ3n) is 2.36. The zero-order chi connectivity index (χ0) is 10.1. The summed E-state index contributed by atoms with van der Waals surface area (Å²) < 4.78 is 0. The zero-order valence-electron chi connectivity index (χ0n) is 8.04. The number of pyridine rings is 1. The van der Waals surface area contributed by atoms with Crippen LogP contribution in [0.2, 0.25) is 0 Å². The first-order chi connectivity index (χ1) is 7.43. The van der Waals surface area contributed by atoms with Gasteiger partial charge in [0.05, 0.1) is 17.2 Å². The minimum absolute atomic E-state index is 0.987. The lowest BCUT2D eigenvalue weighted by molar-refractivity contribution is 0.706. The van der Waals surface area contributed by atoms with Gasteiger partial charge in [-0.25, -0.2) is 0 Å². The molecule has 0 saturated carbocycles. The van der Waals surface area contributed by atoms with Crippen molar-refractivity contribution in [3.05, 3.63) is 53.1 Å². The van der Waals surface area contributed by atoms with E-state index in [-0.39, 0.29) is 0 Å². The van der Waals surface area contributed by atoms with Crippen LogP contribution >= 0.6 is 0 Å². The molecular formula is C12H9N3. The van der Waals surface area contributed by atoms with Crippen molar-refractivity contribution in [1.82, 2.24) is 9.88 Å². The maximum atomic E-state index is 4.31. The third-order valence-corrected chi connectivity index (χ3v) is 2.36. The standard InChI is InChI=1S/C12H9N3/c1-3-10-7-11-8-13-4-2-6-15(11)9-12(10)14-5-1/h1-9H. The highest BCUT2D eigenvalue weighted by molar-refractivity contribution is 5.73. The van der Waals surface area contributed by atoms with E-state index in [0.29, 0.717) is 0 Å². The highest BCUT2D eigenvalue weighted by Gasteiger charge is 2.06. The van der Waals surface area contributed by atoms with E-state index < -0.39 is 0 Å². The molecule has 1 aromatic rings. The van der Waals surface area contributed by atoms with Gasteiger partial charge in [0.25, 0.3) is 0 Å². The minimum atomic E-state index is 0.987. The SMILES string of the molecule is C1=CN2C=c3ncccc3=CC2=CN=C1. The second-order valence-corrected chi connectivity index (χ2v) is 3.35. The average molecular weight is 195 g/mol. The normalized spacial score (nSPS) is 16.8. The van der Waals surface area contributed by atoms with Crippen LogP contribution in [-0.2, 0) is 0 Å². The van der Waals surface area contributed by atoms with Gasteiger partial charge in [-0.3, -0.25) is 9.98 Å². The van der Waals surface area contributed by atoms with E-state index >= 15 is 0 Å². The highest BCUT2D eigenvalue weighted by atomic mass is 15.1. The van der Waals surface area contributed by atoms with E-state index in [2.05, 4.69) is 22.1 Å². The van der Waals surface area contributed by atoms with E-state index in [1.54, 1.807) is 12.4 Å². The van der Waals surface area contributed by atoms with Gasteiger partial charge in [-0.1, -0.05) is 6.07 Å². The number of rotatable bonds is 0. The molecule has 3 rings (SSSR count). The zero-order valence-corrected chi connectivity index (χ0v) is 8.04. The van der Waals surface area contributed by atoms with E-state index in [1.165, 1.54) is 0 Å². The summed E-state index contributed by atoms with van der Waals surface area (Å²) in [6, 6.07) is 3.99. The van der Waals surface area contributed by atoms with Gasteiger partial charge in [0.2, 0.25) is 0 Å². The van der Waals surface area contributed by atoms with Crippen molar-refractivity contribution in [1.29, 1.82) is 0 Å². The van der Waals surface area contributed by atoms with Gasteiger partial charge in [-0.2, -0.15) is 0 Å². The quantitative estimate of drug-likeness (QED) is 0.598. The smallest absolute Gasteiger partial charge is 0.0868 e. The molecule has 0 aromatic carbocycles. The number of aliphatic imine (C=N–C) groups is 1. The Morgan fingerprint density at radius 1 is 1.27 bits per heavy atom. The molecule has 0 amide bonds. The Bertz CT molecular complexity index is 594. The average Bonchev–Trinajstić information content (AvgIpc) is 2.50. The van der Waals surface area contributed by atoms with Crippen LogP contribution in [0.4, 0.5) is 0 Å². The number of hydrogen-bond acceptors (Lipinski definition) is 3. The van der Waals surface area contributed by atoms with Gasteiger partial charge in [-0.15, -0.1) is 0 Å². The Kier molecular flexibility index (Phi) is 1.75. The topological polar surface area (TPSA) is 28.5 Å². The summed E-state index contributed by atoms with van der Waals surface area (Å²) in [7, 11) is 0. The van der Waals surface area contributed by atoms with Crippen LogP contribution in [0.25, 0.3) is 12.3 Å². The summed E-state index contributed by atoms with van der Waals surface area (Å²) in [6.07, 6.45) is 13.4. The maximum Gasteiger partial charge on any atom is 0.0868 e. The lowest BCUT2D eigenvalue weighted by Crippen LogP contribution is -2.34. The second-order valence-electron chi connectivity index (χ2n) is 3.35. The Morgan fingerprint density at radius 3 is 3.27 bits per heavy atom. The van der Waals surface area contributed by atoms with E-state index in [0.717, 1.165) is 16.3 Å². The summed E-state index contributed by atoms with van der Waals surface area (Å²) >= 11 is 0. The Labute approximate surface area is 87.1 Å². The molecule has 0 spiro atoms. The van der Waals surface area contributed by atoms with Gasteiger partial charge >= 0.3 is 0 Å². The Balaban J connectivity index is 2.29. The fourth-order valence-electron chi connectivity index (χ4n) is 1.63. The second kappa shape index (κ2) is 3.20. The Hall–Kier alpha value is -2.16. The summed E-state index contributed by atoms with van der Waals surface area (Å²) in [4.78, 5) is 10.5. The van der Waals surface area contributed by atoms with E-state index in [4.69, 9.17) is 0 Å². The van der Waals surface area contributed by atoms with Gasteiger partial charge in [0, 0.05) is 30.0 Å². The Morgan fingerprint density at radius 2 is 2.27 bits per heavy atom. The first kappa shape index (κ1) is 8.17. The van der Waals surface area contributed by atoms with Crippen molar-refractivity contribution in [2.75, 3.05) is 0 Å². The fraction of sp³-hybridized carbons (Fsp3) is 0. The molecule has 0 saturated heterocycles. The minimum Gasteiger partial charge on any atom is -0.320 e. The van der Waals surface area contributed by atoms with Crippen LogP contribution in [0.5, 0.6) is 0 Å². The third kappa shape index (κ3) is 1.38. The van der Waals surface area contributed by atoms with Crippen LogP contribution in [0.15, 0.2) is 47.5 Å². The lowest BCUT2D eigenvalue weighted by atomic mass is 10.2. The predicted octanol–water partition coefficient (Wildman–Crippen LogP) is 0.355. The molecule has 1 aromatic heterocycles. The number of nitrogens with zero attached hydrogens (tertiary/aromatic N) is 3. The molecule has 2 aliphatic rings. The summed E-state index contributed by atoms with van der Waals surface area (Å²) in [5.41, 5.74) is 1.06. The molecule has 2 aliphatic heterocycles. The molecule has 3 heterocycles. The fourth-order valence-corrected chi connectivity index (χ4v) is 1.63. The number of aromatic nitrogens is 1. The summed E-state index contributed by atoms with van der Waals surface area (Å²) in [5.74, 6) is 0. The largest absolute Gasteiger partial charge is 0.320 e. The van der Waals surface area contributed by atoms with Crippen LogP contribution in [0.3, 0.4) is 0 Å². The monoisotopic (exact) mass is 195 g/mol. The van der Waals surface area contributed by atoms with Gasteiger partial charge in [0.15, 0.2) is 0 Å². The molecule has 15 heavy (non-hydrogen) atoms. The van der Waals surface area contributed by atoms with Crippen LogP contribution < -0.4 is 10.6 Å². The summed E-state index contributed by atoms with van der Waals surface area (Å²) in [5, 5.41) is 2.12. The molecule has 0 bridgehead atoms. The van der Waals surface area contributed by atoms with Crippen molar-refractivity contribution in [3.63, 3.8) is 0 Å².